The molecule has 0 amide bonds. The number of benzene rings is 18. The molecule has 1 unspecified atom stereocenters. The molecule has 6 heteroatoms. The van der Waals surface area contributed by atoms with Gasteiger partial charge in [0.2, 0.25) is 0 Å². The number of para-hydroxylation sites is 4. The van der Waals surface area contributed by atoms with Crippen molar-refractivity contribution >= 4 is 11.5 Å². The molecule has 2 spiro atoms. The van der Waals surface area contributed by atoms with Gasteiger partial charge in [-0.2, -0.15) is 0 Å². The summed E-state index contributed by atoms with van der Waals surface area (Å²) in [5.74, 6) is 4.95. The number of ether oxygens (including phenoxy) is 2. The molecule has 0 fully saturated rings. The third-order valence-corrected chi connectivity index (χ3v) is 26.0. The summed E-state index contributed by atoms with van der Waals surface area (Å²) in [5, 5.41) is 3.96. The predicted octanol–water partition coefficient (Wildman–Crippen LogP) is 29.2. The first-order valence-electron chi connectivity index (χ1n) is 42.5. The van der Waals surface area contributed by atoms with Crippen LogP contribution in [0.25, 0.3) is 140 Å². The second-order valence-corrected chi connectivity index (χ2v) is 32.8. The zero-order chi connectivity index (χ0) is 81.8. The Morgan fingerprint density at radius 3 is 0.944 bits per heavy atom. The third-order valence-electron chi connectivity index (χ3n) is 26.0. The van der Waals surface area contributed by atoms with E-state index < -0.39 is 10.8 Å². The van der Waals surface area contributed by atoms with E-state index in [2.05, 4.69) is 430 Å². The van der Waals surface area contributed by atoms with Gasteiger partial charge in [-0.05, 0) is 200 Å². The van der Waals surface area contributed by atoms with Gasteiger partial charge in [0.1, 0.15) is 28.8 Å². The smallest absolute Gasteiger partial charge is 0.160 e. The summed E-state index contributed by atoms with van der Waals surface area (Å²) in [7, 11) is 0. The van der Waals surface area contributed by atoms with E-state index in [-0.39, 0.29) is 6.04 Å². The van der Waals surface area contributed by atoms with Crippen molar-refractivity contribution in [1.82, 2.24) is 15.3 Å². The fourth-order valence-electron chi connectivity index (χ4n) is 20.0. The van der Waals surface area contributed by atoms with Crippen LogP contribution in [0.5, 0.6) is 23.0 Å². The SMILES string of the molecule is C1=C(c2ccc(-c3cccc(-c4ccc5c(c4)C4(c6ccccc6Oc6ccccc64)c4ccccc4-5)c3)cc2)N=C(c2cccc(-c3ccc4c(c3)C3(c5ccccc5Oc5ccccc53)c3cc(-c5ccc(-c6ccc(-c7cc(-c8ccc(-c9ccccc9)cc8)nc(-c8ccccc8)n7)cc6)cc5)ccc3-4)c2)NC1c1ccc(-c2ccccc2)cc1. The Balaban J connectivity index is 0.550. The van der Waals surface area contributed by atoms with E-state index in [1.54, 1.807) is 0 Å². The average molecular weight is 1580 g/mol. The molecule has 19 aromatic rings. The van der Waals surface area contributed by atoms with Crippen LogP contribution in [0.2, 0.25) is 0 Å². The van der Waals surface area contributed by atoms with Crippen molar-refractivity contribution in [1.29, 1.82) is 0 Å². The Kier molecular flexibility index (Phi) is 17.0. The van der Waals surface area contributed by atoms with Crippen LogP contribution < -0.4 is 14.8 Å². The summed E-state index contributed by atoms with van der Waals surface area (Å²) in [5.41, 5.74) is 37.8. The zero-order valence-electron chi connectivity index (χ0n) is 67.5. The summed E-state index contributed by atoms with van der Waals surface area (Å²) in [6.45, 7) is 0. The molecular weight excluding hydrogens is 1510 g/mol. The van der Waals surface area contributed by atoms with Crippen LogP contribution in [0.15, 0.2) is 454 Å². The topological polar surface area (TPSA) is 68.6 Å². The molecule has 0 bridgehead atoms. The Hall–Kier alpha value is -16.2. The van der Waals surface area contributed by atoms with Gasteiger partial charge in [-0.15, -0.1) is 0 Å². The van der Waals surface area contributed by atoms with Crippen molar-refractivity contribution in [3.63, 3.8) is 0 Å². The summed E-state index contributed by atoms with van der Waals surface area (Å²) < 4.78 is 13.6. The number of aromatic nitrogens is 2. The van der Waals surface area contributed by atoms with Crippen LogP contribution in [0.4, 0.5) is 0 Å². The number of amidine groups is 1. The van der Waals surface area contributed by atoms with Crippen molar-refractivity contribution in [3.05, 3.63) is 510 Å². The fourth-order valence-corrected chi connectivity index (χ4v) is 20.0. The Morgan fingerprint density at radius 1 is 0.210 bits per heavy atom. The Morgan fingerprint density at radius 2 is 0.500 bits per heavy atom. The maximum atomic E-state index is 6.93. The molecule has 0 saturated heterocycles. The molecule has 124 heavy (non-hydrogen) atoms. The molecule has 1 atom stereocenters. The van der Waals surface area contributed by atoms with Gasteiger partial charge in [0, 0.05) is 44.5 Å². The summed E-state index contributed by atoms with van der Waals surface area (Å²) in [6, 6.07) is 160. The monoisotopic (exact) mass is 1580 g/mol. The van der Waals surface area contributed by atoms with Crippen molar-refractivity contribution in [2.45, 2.75) is 16.9 Å². The van der Waals surface area contributed by atoms with E-state index >= 15 is 0 Å². The van der Waals surface area contributed by atoms with E-state index in [4.69, 9.17) is 24.4 Å². The second-order valence-electron chi connectivity index (χ2n) is 32.8. The van der Waals surface area contributed by atoms with Crippen LogP contribution in [0, 0.1) is 0 Å². The van der Waals surface area contributed by atoms with Gasteiger partial charge in [0.15, 0.2) is 5.82 Å². The summed E-state index contributed by atoms with van der Waals surface area (Å²) in [6.07, 6.45) is 2.28. The second kappa shape index (κ2) is 29.4. The molecule has 2 aliphatic carbocycles. The molecule has 0 saturated carbocycles. The lowest BCUT2D eigenvalue weighted by Crippen LogP contribution is -2.32. The number of fused-ring (bicyclic) bond motifs is 18. The largest absolute Gasteiger partial charge is 0.457 e. The lowest BCUT2D eigenvalue weighted by atomic mass is 9.65. The van der Waals surface area contributed by atoms with Crippen LogP contribution in [0.1, 0.15) is 67.2 Å². The number of hydrogen-bond acceptors (Lipinski definition) is 6. The molecule has 4 heterocycles. The highest BCUT2D eigenvalue weighted by Crippen LogP contribution is 2.65. The first kappa shape index (κ1) is 71.9. The molecule has 1 N–H and O–H groups in total. The molecule has 6 nitrogen and oxygen atoms in total. The number of nitrogens with one attached hydrogen (secondary N) is 1. The van der Waals surface area contributed by atoms with Gasteiger partial charge in [-0.3, -0.25) is 0 Å². The van der Waals surface area contributed by atoms with Crippen molar-refractivity contribution in [2.24, 2.45) is 4.99 Å². The highest BCUT2D eigenvalue weighted by atomic mass is 16.5. The molecule has 0 radical (unpaired) electrons. The first-order chi connectivity index (χ1) is 61.4. The maximum absolute atomic E-state index is 6.93. The average Bonchev–Trinajstić information content (AvgIpc) is 1.51. The Labute approximate surface area is 720 Å². The van der Waals surface area contributed by atoms with Crippen LogP contribution in [0.3, 0.4) is 0 Å². The first-order valence-corrected chi connectivity index (χ1v) is 42.5. The molecule has 18 aromatic carbocycles. The maximum Gasteiger partial charge on any atom is 0.160 e. The summed E-state index contributed by atoms with van der Waals surface area (Å²) in [4.78, 5) is 15.9. The predicted molar refractivity (Wildman–Crippen MR) is 504 cm³/mol. The minimum atomic E-state index is -0.733. The minimum Gasteiger partial charge on any atom is -0.457 e. The number of rotatable bonds is 13. The highest BCUT2D eigenvalue weighted by Gasteiger charge is 2.53. The molecule has 3 aliphatic heterocycles. The standard InChI is InChI=1S/C118H76N4O2/c1-4-22-75(23-5-1)77-46-54-83(55-47-77)107-73-108(120-115(119-107)87-26-8-3-9-27-87)84-58-50-80(51-59-84)79-42-44-82(45-43-79)91-62-65-97-98-67-64-93(72-106(98)118(105(97)70-91)102-36-14-18-40-113(102)124-114-41-19-15-37-103(114)118)90-30-21-31-94(69-90)116-121-109(85-56-48-78(49-57-85)76-24-6-2-7-25-76)74-110(122-116)86-60-52-81(53-61-86)88-28-20-29-89(68-88)92-63-66-96-95-32-10-11-33-99(95)117(104(96)71-92)100-34-12-16-38-111(100)123-112-39-17-13-35-101(112)117/h1-74,109H,(H,121,122). The van der Waals surface area contributed by atoms with Gasteiger partial charge >= 0.3 is 0 Å². The number of nitrogens with zero attached hydrogens (tertiary/aromatic N) is 3. The molecule has 580 valence electrons. The van der Waals surface area contributed by atoms with Gasteiger partial charge in [0.25, 0.3) is 0 Å². The van der Waals surface area contributed by atoms with E-state index in [1.807, 2.05) is 24.3 Å². The van der Waals surface area contributed by atoms with E-state index in [0.29, 0.717) is 5.82 Å². The molecule has 5 aliphatic rings. The van der Waals surface area contributed by atoms with Crippen LogP contribution in [-0.2, 0) is 10.8 Å². The van der Waals surface area contributed by atoms with Crippen LogP contribution >= 0.6 is 0 Å². The minimum absolute atomic E-state index is 0.195. The Bertz CT molecular complexity index is 7430. The number of aliphatic imine (C=N–C) groups is 1. The normalized spacial score (nSPS) is 14.1. The van der Waals surface area contributed by atoms with E-state index in [0.717, 1.165) is 163 Å². The van der Waals surface area contributed by atoms with Crippen molar-refractivity contribution in [2.75, 3.05) is 0 Å². The van der Waals surface area contributed by atoms with Crippen molar-refractivity contribution in [3.8, 4) is 157 Å². The molecular formula is C118H76N4O2. The quantitative estimate of drug-likeness (QED) is 0.125. The highest BCUT2D eigenvalue weighted by molar-refractivity contribution is 6.05. The van der Waals surface area contributed by atoms with E-state index in [9.17, 15) is 0 Å². The van der Waals surface area contributed by atoms with Gasteiger partial charge < -0.3 is 14.8 Å². The number of hydrogen-bond donors (Lipinski definition) is 1. The van der Waals surface area contributed by atoms with Crippen LogP contribution in [-0.4, -0.2) is 15.8 Å². The van der Waals surface area contributed by atoms with E-state index in [1.165, 1.54) is 61.2 Å². The third kappa shape index (κ3) is 12.0. The lowest BCUT2D eigenvalue weighted by molar-refractivity contribution is 0.436. The van der Waals surface area contributed by atoms with Gasteiger partial charge in [-0.1, -0.05) is 382 Å². The van der Waals surface area contributed by atoms with Crippen molar-refractivity contribution < 1.29 is 9.47 Å². The van der Waals surface area contributed by atoms with Gasteiger partial charge in [0.05, 0.1) is 34.0 Å². The fraction of sp³-hybridized carbons (Fsp3) is 0.0254. The van der Waals surface area contributed by atoms with Gasteiger partial charge in [-0.25, -0.2) is 15.0 Å². The molecule has 24 rings (SSSR count). The zero-order valence-corrected chi connectivity index (χ0v) is 67.5. The summed E-state index contributed by atoms with van der Waals surface area (Å²) >= 11 is 0. The lowest BCUT2D eigenvalue weighted by Gasteiger charge is -2.39. The molecule has 1 aromatic heterocycles.